The van der Waals surface area contributed by atoms with E-state index in [-0.39, 0.29) is 0 Å². The molecule has 1 aromatic heterocycles. The molecule has 0 fully saturated rings. The average Bonchev–Trinajstić information content (AvgIpc) is 2.17. The van der Waals surface area contributed by atoms with Crippen molar-refractivity contribution in [2.75, 3.05) is 0 Å². The summed E-state index contributed by atoms with van der Waals surface area (Å²) >= 11 is 1.58. The predicted molar refractivity (Wildman–Crippen MR) is 37.9 cm³/mol. The van der Waals surface area contributed by atoms with Crippen LogP contribution in [0.2, 0.25) is 0 Å². The molecular weight excluding hydrogens is 134 g/mol. The van der Waals surface area contributed by atoms with Crippen molar-refractivity contribution in [3.63, 3.8) is 0 Å². The van der Waals surface area contributed by atoms with Crippen molar-refractivity contribution < 1.29 is 0 Å². The maximum absolute atomic E-state index is 7.99. The van der Waals surface area contributed by atoms with Gasteiger partial charge >= 0.3 is 0 Å². The molecule has 0 aliphatic carbocycles. The number of rotatable bonds is 1. The summed E-state index contributed by atoms with van der Waals surface area (Å²) in [6.45, 7) is 1.97. The van der Waals surface area contributed by atoms with E-state index in [1.165, 1.54) is 0 Å². The molecule has 0 unspecified atom stereocenters. The fourth-order valence-corrected chi connectivity index (χ4v) is 1.14. The molecule has 4 heteroatoms. The van der Waals surface area contributed by atoms with E-state index in [2.05, 4.69) is 10.0 Å². The van der Waals surface area contributed by atoms with E-state index in [1.54, 1.807) is 11.3 Å². The third-order valence-electron chi connectivity index (χ3n) is 0.877. The average molecular weight is 139 g/mol. The molecule has 0 bridgehead atoms. The lowest BCUT2D eigenvalue weighted by molar-refractivity contribution is 1.50. The summed E-state index contributed by atoms with van der Waals surface area (Å²) < 4.78 is 0. The predicted octanol–water partition coefficient (Wildman–Crippen LogP) is 3.00. The highest BCUT2D eigenvalue weighted by Gasteiger charge is 1.89. The summed E-state index contributed by atoms with van der Waals surface area (Å²) in [5, 5.41) is 5.25. The molecule has 0 radical (unpaired) electrons. The highest BCUT2D eigenvalue weighted by Crippen LogP contribution is 2.20. The Balaban J connectivity index is 2.97. The van der Waals surface area contributed by atoms with Crippen LogP contribution in [0.3, 0.4) is 0 Å². The van der Waals surface area contributed by atoms with Gasteiger partial charge in [-0.2, -0.15) is 0 Å². The molecule has 3 nitrogen and oxygen atoms in total. The van der Waals surface area contributed by atoms with Gasteiger partial charge in [0.25, 0.3) is 0 Å². The van der Waals surface area contributed by atoms with Crippen LogP contribution in [0.4, 0.5) is 5.69 Å². The van der Waals surface area contributed by atoms with Gasteiger partial charge in [0.05, 0.1) is 0 Å². The monoisotopic (exact) mass is 139 g/mol. The molecule has 9 heavy (non-hydrogen) atoms. The van der Waals surface area contributed by atoms with Crippen LogP contribution in [0.15, 0.2) is 16.6 Å². The molecule has 1 heterocycles. The fraction of sp³-hybridized carbons (Fsp3) is 0.200. The highest BCUT2D eigenvalue weighted by molar-refractivity contribution is 7.10. The Hall–Kier alpha value is -0.990. The molecule has 0 aliphatic rings. The van der Waals surface area contributed by atoms with E-state index < -0.39 is 0 Å². The molecule has 0 spiro atoms. The van der Waals surface area contributed by atoms with Crippen molar-refractivity contribution in [1.29, 1.82) is 0 Å². The quantitative estimate of drug-likeness (QED) is 0.326. The summed E-state index contributed by atoms with van der Waals surface area (Å²) in [7, 11) is 0. The number of thiophene rings is 1. The van der Waals surface area contributed by atoms with Crippen LogP contribution in [0, 0.1) is 6.92 Å². The first-order chi connectivity index (χ1) is 4.33. The normalized spacial score (nSPS) is 8.56. The molecular formula is C5H5N3S. The zero-order chi connectivity index (χ0) is 6.69. The first-order valence-electron chi connectivity index (χ1n) is 2.43. The van der Waals surface area contributed by atoms with Crippen LogP contribution in [0.25, 0.3) is 10.4 Å². The Labute approximate surface area is 56.6 Å². The standard InChI is InChI=1S/C5H5N3S/c1-4-2-5(3-9-4)7-8-6/h2-3H,1H3. The van der Waals surface area contributed by atoms with Crippen LogP contribution >= 0.6 is 11.3 Å². The molecule has 1 aromatic rings. The van der Waals surface area contributed by atoms with Gasteiger partial charge in [0.2, 0.25) is 0 Å². The molecule has 0 amide bonds. The smallest absolute Gasteiger partial charge is 0.0485 e. The summed E-state index contributed by atoms with van der Waals surface area (Å²) in [4.78, 5) is 3.82. The third kappa shape index (κ3) is 1.45. The Bertz CT molecular complexity index is 246. The Morgan fingerprint density at radius 2 is 2.56 bits per heavy atom. The van der Waals surface area contributed by atoms with Gasteiger partial charge < -0.3 is 0 Å². The van der Waals surface area contributed by atoms with Crippen LogP contribution in [0.5, 0.6) is 0 Å². The van der Waals surface area contributed by atoms with E-state index in [0.29, 0.717) is 5.69 Å². The van der Waals surface area contributed by atoms with Crippen molar-refractivity contribution in [2.45, 2.75) is 6.92 Å². The molecule has 0 N–H and O–H groups in total. The molecule has 0 saturated heterocycles. The number of hydrogen-bond acceptors (Lipinski definition) is 2. The summed E-state index contributed by atoms with van der Waals surface area (Å²) in [5.74, 6) is 0. The van der Waals surface area contributed by atoms with E-state index in [4.69, 9.17) is 5.53 Å². The largest absolute Gasteiger partial charge is 0.149 e. The van der Waals surface area contributed by atoms with Crippen LogP contribution < -0.4 is 0 Å². The van der Waals surface area contributed by atoms with Crippen molar-refractivity contribution in [3.05, 3.63) is 26.8 Å². The summed E-state index contributed by atoms with van der Waals surface area (Å²) in [6.07, 6.45) is 0. The second-order valence-electron chi connectivity index (χ2n) is 1.60. The molecule has 46 valence electrons. The van der Waals surface area contributed by atoms with Gasteiger partial charge in [-0.25, -0.2) is 0 Å². The lowest BCUT2D eigenvalue weighted by Gasteiger charge is -1.72. The van der Waals surface area contributed by atoms with E-state index in [1.807, 2.05) is 18.4 Å². The van der Waals surface area contributed by atoms with Crippen molar-refractivity contribution in [2.24, 2.45) is 5.11 Å². The fourth-order valence-electron chi connectivity index (χ4n) is 0.534. The SMILES string of the molecule is Cc1cc(N=[N+]=[N-])cs1. The maximum atomic E-state index is 7.99. The number of aryl methyl sites for hydroxylation is 1. The minimum absolute atomic E-state index is 0.708. The Morgan fingerprint density at radius 1 is 1.78 bits per heavy atom. The lowest BCUT2D eigenvalue weighted by Crippen LogP contribution is -1.47. The second-order valence-corrected chi connectivity index (χ2v) is 2.72. The molecule has 0 aromatic carbocycles. The Morgan fingerprint density at radius 3 is 3.00 bits per heavy atom. The molecule has 0 saturated carbocycles. The zero-order valence-electron chi connectivity index (χ0n) is 4.90. The minimum Gasteiger partial charge on any atom is -0.149 e. The lowest BCUT2D eigenvalue weighted by atomic mass is 10.5. The van der Waals surface area contributed by atoms with Gasteiger partial charge in [-0.05, 0) is 18.5 Å². The Kier molecular flexibility index (Phi) is 1.72. The first kappa shape index (κ1) is 6.13. The van der Waals surface area contributed by atoms with Crippen LogP contribution in [-0.2, 0) is 0 Å². The maximum Gasteiger partial charge on any atom is 0.0485 e. The van der Waals surface area contributed by atoms with Crippen LogP contribution in [0.1, 0.15) is 4.88 Å². The van der Waals surface area contributed by atoms with Crippen molar-refractivity contribution in [3.8, 4) is 0 Å². The first-order valence-corrected chi connectivity index (χ1v) is 3.31. The zero-order valence-corrected chi connectivity index (χ0v) is 5.72. The highest BCUT2D eigenvalue weighted by atomic mass is 32.1. The second kappa shape index (κ2) is 2.53. The van der Waals surface area contributed by atoms with E-state index >= 15 is 0 Å². The third-order valence-corrected chi connectivity index (χ3v) is 1.73. The summed E-state index contributed by atoms with van der Waals surface area (Å²) in [5.41, 5.74) is 8.70. The van der Waals surface area contributed by atoms with Gasteiger partial charge in [-0.1, -0.05) is 5.11 Å². The number of azide groups is 1. The van der Waals surface area contributed by atoms with E-state index in [9.17, 15) is 0 Å². The molecule has 0 atom stereocenters. The van der Waals surface area contributed by atoms with E-state index in [0.717, 1.165) is 4.88 Å². The molecule has 1 rings (SSSR count). The molecule has 0 aliphatic heterocycles. The van der Waals surface area contributed by atoms with Gasteiger partial charge in [0, 0.05) is 20.9 Å². The van der Waals surface area contributed by atoms with Crippen molar-refractivity contribution >= 4 is 17.0 Å². The number of nitrogens with zero attached hydrogens (tertiary/aromatic N) is 3. The summed E-state index contributed by atoms with van der Waals surface area (Å²) in [6, 6.07) is 1.85. The van der Waals surface area contributed by atoms with Gasteiger partial charge in [-0.15, -0.1) is 11.3 Å². The number of hydrogen-bond donors (Lipinski definition) is 0. The van der Waals surface area contributed by atoms with Crippen molar-refractivity contribution in [1.82, 2.24) is 0 Å². The van der Waals surface area contributed by atoms with Gasteiger partial charge in [-0.3, -0.25) is 0 Å². The van der Waals surface area contributed by atoms with Gasteiger partial charge in [0.15, 0.2) is 0 Å². The van der Waals surface area contributed by atoms with Gasteiger partial charge in [0.1, 0.15) is 0 Å². The van der Waals surface area contributed by atoms with Crippen LogP contribution in [-0.4, -0.2) is 0 Å². The topological polar surface area (TPSA) is 48.8 Å². The minimum atomic E-state index is 0.708.